The molecule has 29 heavy (non-hydrogen) atoms. The second kappa shape index (κ2) is 8.44. The van der Waals surface area contributed by atoms with Gasteiger partial charge in [-0.2, -0.15) is 26.3 Å². The summed E-state index contributed by atoms with van der Waals surface area (Å²) in [6.07, 6.45) is -11.3. The van der Waals surface area contributed by atoms with Crippen molar-refractivity contribution in [1.82, 2.24) is 5.32 Å². The highest BCUT2D eigenvalue weighted by Crippen LogP contribution is 2.32. The van der Waals surface area contributed by atoms with Crippen molar-refractivity contribution in [3.8, 4) is 0 Å². The normalized spacial score (nSPS) is 12.6. The number of rotatable bonds is 6. The quantitative estimate of drug-likeness (QED) is 0.675. The van der Waals surface area contributed by atoms with Gasteiger partial charge in [0.15, 0.2) is 0 Å². The van der Waals surface area contributed by atoms with Gasteiger partial charge in [-0.3, -0.25) is 4.79 Å². The minimum atomic E-state index is -4.71. The van der Waals surface area contributed by atoms with Crippen molar-refractivity contribution in [2.75, 3.05) is 0 Å². The van der Waals surface area contributed by atoms with Crippen LogP contribution in [-0.2, 0) is 27.4 Å². The average Bonchev–Trinajstić information content (AvgIpc) is 2.64. The molecule has 11 heteroatoms. The van der Waals surface area contributed by atoms with Gasteiger partial charge in [0, 0.05) is 13.0 Å². The molecule has 0 fully saturated rings. The Balaban J connectivity index is 2.17. The van der Waals surface area contributed by atoms with Crippen LogP contribution in [0.2, 0.25) is 0 Å². The molecule has 0 spiro atoms. The van der Waals surface area contributed by atoms with E-state index in [0.29, 0.717) is 6.07 Å². The standard InChI is InChI=1S/C18H15F6NO3S/c19-17(20,21)8-7-16(26)25-11-12-3-1-5-14(9-12)29(27,28)15-6-2-4-13(10-15)18(22,23)24/h1-6,9-10H,7-8,11H2,(H,25,26). The Morgan fingerprint density at radius 1 is 0.897 bits per heavy atom. The fourth-order valence-electron chi connectivity index (χ4n) is 2.34. The predicted molar refractivity (Wildman–Crippen MR) is 90.5 cm³/mol. The number of amides is 1. The minimum Gasteiger partial charge on any atom is -0.352 e. The molecule has 0 bridgehead atoms. The van der Waals surface area contributed by atoms with Gasteiger partial charge in [0.1, 0.15) is 0 Å². The van der Waals surface area contributed by atoms with E-state index in [2.05, 4.69) is 5.32 Å². The van der Waals surface area contributed by atoms with E-state index in [1.54, 1.807) is 0 Å². The maximum atomic E-state index is 12.8. The lowest BCUT2D eigenvalue weighted by Gasteiger charge is -2.11. The fourth-order valence-corrected chi connectivity index (χ4v) is 3.72. The molecule has 0 aliphatic carbocycles. The van der Waals surface area contributed by atoms with Crippen LogP contribution in [0.3, 0.4) is 0 Å². The Bertz CT molecular complexity index is 984. The van der Waals surface area contributed by atoms with Gasteiger partial charge in [-0.05, 0) is 35.9 Å². The Kier molecular flexibility index (Phi) is 6.61. The molecule has 1 amide bonds. The molecule has 0 aromatic heterocycles. The van der Waals surface area contributed by atoms with Crippen molar-refractivity contribution >= 4 is 15.7 Å². The van der Waals surface area contributed by atoms with Gasteiger partial charge in [0.2, 0.25) is 15.7 Å². The molecule has 0 heterocycles. The second-order valence-corrected chi connectivity index (χ2v) is 8.02. The summed E-state index contributed by atoms with van der Waals surface area (Å²) in [6, 6.07) is 8.31. The molecular weight excluding hydrogens is 424 g/mol. The van der Waals surface area contributed by atoms with Crippen LogP contribution in [-0.4, -0.2) is 20.5 Å². The Labute approximate surface area is 162 Å². The van der Waals surface area contributed by atoms with Crippen LogP contribution >= 0.6 is 0 Å². The number of sulfone groups is 1. The van der Waals surface area contributed by atoms with Crippen LogP contribution in [0.25, 0.3) is 0 Å². The summed E-state index contributed by atoms with van der Waals surface area (Å²) < 4.78 is 100. The first-order valence-electron chi connectivity index (χ1n) is 8.14. The maximum absolute atomic E-state index is 12.8. The van der Waals surface area contributed by atoms with Crippen molar-refractivity contribution in [3.63, 3.8) is 0 Å². The SMILES string of the molecule is O=C(CCC(F)(F)F)NCc1cccc(S(=O)(=O)c2cccc(C(F)(F)F)c2)c1. The van der Waals surface area contributed by atoms with E-state index in [9.17, 15) is 39.6 Å². The van der Waals surface area contributed by atoms with Crippen molar-refractivity contribution < 1.29 is 39.6 Å². The summed E-state index contributed by atoms with van der Waals surface area (Å²) in [5, 5.41) is 2.24. The molecule has 0 saturated carbocycles. The van der Waals surface area contributed by atoms with E-state index in [1.165, 1.54) is 18.2 Å². The third-order valence-corrected chi connectivity index (χ3v) is 5.55. The number of carbonyl (C=O) groups excluding carboxylic acids is 1. The van der Waals surface area contributed by atoms with Gasteiger partial charge in [-0.15, -0.1) is 0 Å². The molecule has 158 valence electrons. The van der Waals surface area contributed by atoms with Crippen molar-refractivity contribution in [2.45, 2.75) is 41.5 Å². The van der Waals surface area contributed by atoms with Crippen LogP contribution in [0, 0.1) is 0 Å². The Morgan fingerprint density at radius 2 is 1.48 bits per heavy atom. The summed E-state index contributed by atoms with van der Waals surface area (Å²) in [7, 11) is -4.27. The van der Waals surface area contributed by atoms with Gasteiger partial charge in [-0.25, -0.2) is 8.42 Å². The monoisotopic (exact) mass is 439 g/mol. The topological polar surface area (TPSA) is 63.2 Å². The lowest BCUT2D eigenvalue weighted by molar-refractivity contribution is -0.144. The molecule has 4 nitrogen and oxygen atoms in total. The second-order valence-electron chi connectivity index (χ2n) is 6.07. The largest absolute Gasteiger partial charge is 0.416 e. The fraction of sp³-hybridized carbons (Fsp3) is 0.278. The number of alkyl halides is 6. The zero-order valence-electron chi connectivity index (χ0n) is 14.6. The van der Waals surface area contributed by atoms with E-state index in [4.69, 9.17) is 0 Å². The van der Waals surface area contributed by atoms with Crippen molar-refractivity contribution in [2.24, 2.45) is 0 Å². The first kappa shape index (κ1) is 22.7. The number of carbonyl (C=O) groups is 1. The molecule has 0 unspecified atom stereocenters. The molecule has 0 atom stereocenters. The van der Waals surface area contributed by atoms with Gasteiger partial charge in [0.05, 0.1) is 21.8 Å². The molecule has 2 aromatic rings. The van der Waals surface area contributed by atoms with Crippen molar-refractivity contribution in [3.05, 3.63) is 59.7 Å². The molecule has 2 aromatic carbocycles. The third kappa shape index (κ3) is 6.48. The maximum Gasteiger partial charge on any atom is 0.416 e. The zero-order valence-corrected chi connectivity index (χ0v) is 15.5. The van der Waals surface area contributed by atoms with Crippen LogP contribution in [0.1, 0.15) is 24.0 Å². The molecule has 0 aliphatic heterocycles. The van der Waals surface area contributed by atoms with Gasteiger partial charge in [0.25, 0.3) is 0 Å². The minimum absolute atomic E-state index is 0.233. The predicted octanol–water partition coefficient (Wildman–Crippen LogP) is 4.50. The summed E-state index contributed by atoms with van der Waals surface area (Å²) in [5.41, 5.74) is -0.856. The van der Waals surface area contributed by atoms with Crippen LogP contribution in [0.4, 0.5) is 26.3 Å². The van der Waals surface area contributed by atoms with Gasteiger partial charge in [-0.1, -0.05) is 18.2 Å². The smallest absolute Gasteiger partial charge is 0.352 e. The molecule has 1 N–H and O–H groups in total. The van der Waals surface area contributed by atoms with E-state index in [1.807, 2.05) is 0 Å². The number of nitrogens with one attached hydrogen (secondary N) is 1. The van der Waals surface area contributed by atoms with E-state index in [-0.39, 0.29) is 17.0 Å². The summed E-state index contributed by atoms with van der Waals surface area (Å²) in [6.45, 7) is -0.233. The van der Waals surface area contributed by atoms with Crippen LogP contribution in [0.15, 0.2) is 58.3 Å². The summed E-state index contributed by atoms with van der Waals surface area (Å²) in [4.78, 5) is 10.6. The number of benzene rings is 2. The number of halogens is 6. The number of hydrogen-bond donors (Lipinski definition) is 1. The first-order chi connectivity index (χ1) is 13.3. The highest BCUT2D eigenvalue weighted by atomic mass is 32.2. The lowest BCUT2D eigenvalue weighted by atomic mass is 10.2. The molecule has 0 aliphatic rings. The van der Waals surface area contributed by atoms with Crippen molar-refractivity contribution in [1.29, 1.82) is 0 Å². The van der Waals surface area contributed by atoms with E-state index in [0.717, 1.165) is 24.3 Å². The number of hydrogen-bond acceptors (Lipinski definition) is 3. The average molecular weight is 439 g/mol. The van der Waals surface area contributed by atoms with E-state index < -0.39 is 51.4 Å². The molecule has 0 saturated heterocycles. The molecular formula is C18H15F6NO3S. The van der Waals surface area contributed by atoms with Crippen LogP contribution < -0.4 is 5.32 Å². The summed E-state index contributed by atoms with van der Waals surface area (Å²) >= 11 is 0. The lowest BCUT2D eigenvalue weighted by Crippen LogP contribution is -2.24. The Morgan fingerprint density at radius 3 is 2.07 bits per heavy atom. The van der Waals surface area contributed by atoms with Gasteiger partial charge >= 0.3 is 12.4 Å². The zero-order chi connectivity index (χ0) is 21.9. The molecule has 2 rings (SSSR count). The summed E-state index contributed by atoms with van der Waals surface area (Å²) in [5.74, 6) is -0.867. The first-order valence-corrected chi connectivity index (χ1v) is 9.62. The van der Waals surface area contributed by atoms with E-state index >= 15 is 0 Å². The highest BCUT2D eigenvalue weighted by Gasteiger charge is 2.32. The third-order valence-electron chi connectivity index (χ3n) is 3.81. The highest BCUT2D eigenvalue weighted by molar-refractivity contribution is 7.91. The van der Waals surface area contributed by atoms with Gasteiger partial charge < -0.3 is 5.32 Å². The van der Waals surface area contributed by atoms with Crippen LogP contribution in [0.5, 0.6) is 0 Å². The Hall–Kier alpha value is -2.56. The molecule has 0 radical (unpaired) electrons.